The van der Waals surface area contributed by atoms with Gasteiger partial charge in [-0.3, -0.25) is 4.68 Å². The van der Waals surface area contributed by atoms with Crippen LogP contribution in [-0.4, -0.2) is 16.3 Å². The van der Waals surface area contributed by atoms with Gasteiger partial charge < -0.3 is 5.73 Å². The summed E-state index contributed by atoms with van der Waals surface area (Å²) in [5.74, 6) is 0. The molecule has 0 aliphatic carbocycles. The van der Waals surface area contributed by atoms with E-state index in [-0.39, 0.29) is 0 Å². The topological polar surface area (TPSA) is 43.8 Å². The highest BCUT2D eigenvalue weighted by Crippen LogP contribution is 2.22. The Morgan fingerprint density at radius 1 is 1.69 bits per heavy atom. The summed E-state index contributed by atoms with van der Waals surface area (Å²) in [7, 11) is 1.92. The molecule has 1 heterocycles. The number of halogens is 1. The molecule has 1 rings (SSSR count). The second kappa shape index (κ2) is 4.07. The van der Waals surface area contributed by atoms with Crippen LogP contribution in [0.1, 0.15) is 18.3 Å². The maximum absolute atomic E-state index is 5.51. The van der Waals surface area contributed by atoms with Gasteiger partial charge in [-0.05, 0) is 35.9 Å². The van der Waals surface area contributed by atoms with Gasteiger partial charge in [-0.2, -0.15) is 5.10 Å². The molecule has 0 aliphatic heterocycles. The lowest BCUT2D eigenvalue weighted by Crippen LogP contribution is -2.01. The molecule has 0 atom stereocenters. The van der Waals surface area contributed by atoms with Crippen molar-refractivity contribution in [2.75, 3.05) is 6.54 Å². The Hall–Kier alpha value is -0.610. The molecule has 0 bridgehead atoms. The second-order valence-electron chi connectivity index (χ2n) is 3.10. The van der Waals surface area contributed by atoms with E-state index >= 15 is 0 Å². The van der Waals surface area contributed by atoms with Crippen LogP contribution in [0.2, 0.25) is 0 Å². The van der Waals surface area contributed by atoms with Crippen LogP contribution in [0.15, 0.2) is 10.0 Å². The van der Waals surface area contributed by atoms with Gasteiger partial charge >= 0.3 is 0 Å². The van der Waals surface area contributed by atoms with Crippen LogP contribution < -0.4 is 5.73 Å². The molecular formula is C9H14BrN3. The Balaban J connectivity index is 3.14. The number of rotatable bonds is 2. The van der Waals surface area contributed by atoms with Gasteiger partial charge in [-0.25, -0.2) is 0 Å². The third kappa shape index (κ3) is 2.19. The smallest absolute Gasteiger partial charge is 0.0751 e. The van der Waals surface area contributed by atoms with E-state index in [9.17, 15) is 0 Å². The quantitative estimate of drug-likeness (QED) is 0.862. The zero-order valence-electron chi connectivity index (χ0n) is 8.13. The van der Waals surface area contributed by atoms with Crippen molar-refractivity contribution in [3.8, 4) is 0 Å². The Labute approximate surface area is 86.7 Å². The molecule has 13 heavy (non-hydrogen) atoms. The van der Waals surface area contributed by atoms with Crippen molar-refractivity contribution in [3.63, 3.8) is 0 Å². The highest BCUT2D eigenvalue weighted by atomic mass is 79.9. The fourth-order valence-corrected chi connectivity index (χ4v) is 1.55. The molecule has 1 aromatic rings. The lowest BCUT2D eigenvalue weighted by molar-refractivity contribution is 0.748. The predicted molar refractivity (Wildman–Crippen MR) is 58.4 cm³/mol. The average molecular weight is 244 g/mol. The molecule has 0 radical (unpaired) electrons. The van der Waals surface area contributed by atoms with Gasteiger partial charge in [0.25, 0.3) is 0 Å². The number of aromatic nitrogens is 2. The van der Waals surface area contributed by atoms with E-state index in [4.69, 9.17) is 5.73 Å². The van der Waals surface area contributed by atoms with Gasteiger partial charge in [0, 0.05) is 13.6 Å². The summed E-state index contributed by atoms with van der Waals surface area (Å²) in [6, 6.07) is 0. The van der Waals surface area contributed by atoms with Crippen molar-refractivity contribution < 1.29 is 0 Å². The molecule has 0 spiro atoms. The van der Waals surface area contributed by atoms with Crippen LogP contribution in [0.5, 0.6) is 0 Å². The van der Waals surface area contributed by atoms with Gasteiger partial charge in [0.05, 0.1) is 15.9 Å². The van der Waals surface area contributed by atoms with Crippen molar-refractivity contribution in [2.24, 2.45) is 12.8 Å². The monoisotopic (exact) mass is 243 g/mol. The molecule has 0 fully saturated rings. The normalized spacial score (nSPS) is 12.2. The predicted octanol–water partition coefficient (Wildman–Crippen LogP) is 1.85. The summed E-state index contributed by atoms with van der Waals surface area (Å²) in [5, 5.41) is 4.28. The first-order valence-corrected chi connectivity index (χ1v) is 4.92. The fourth-order valence-electron chi connectivity index (χ4n) is 1.10. The molecule has 0 saturated carbocycles. The summed E-state index contributed by atoms with van der Waals surface area (Å²) < 4.78 is 2.89. The van der Waals surface area contributed by atoms with E-state index in [0.717, 1.165) is 21.4 Å². The zero-order chi connectivity index (χ0) is 10.0. The lowest BCUT2D eigenvalue weighted by Gasteiger charge is -1.98. The SMILES string of the molecule is CC(=Cc1c(Br)c(C)nn1C)CN. The molecule has 2 N–H and O–H groups in total. The van der Waals surface area contributed by atoms with E-state index in [1.54, 1.807) is 0 Å². The first kappa shape index (κ1) is 10.5. The average Bonchev–Trinajstić information content (AvgIpc) is 2.32. The minimum Gasteiger partial charge on any atom is -0.327 e. The largest absolute Gasteiger partial charge is 0.327 e. The minimum absolute atomic E-state index is 0.580. The Morgan fingerprint density at radius 2 is 2.31 bits per heavy atom. The fraction of sp³-hybridized carbons (Fsp3) is 0.444. The van der Waals surface area contributed by atoms with Gasteiger partial charge in [0.2, 0.25) is 0 Å². The summed E-state index contributed by atoms with van der Waals surface area (Å²) >= 11 is 3.49. The summed E-state index contributed by atoms with van der Waals surface area (Å²) in [4.78, 5) is 0. The maximum Gasteiger partial charge on any atom is 0.0751 e. The molecule has 1 aromatic heterocycles. The number of hydrogen-bond donors (Lipinski definition) is 1. The standard InChI is InChI=1S/C9H14BrN3/c1-6(5-11)4-8-9(10)7(2)12-13(8)3/h4H,5,11H2,1-3H3. The molecular weight excluding hydrogens is 230 g/mol. The van der Waals surface area contributed by atoms with Crippen molar-refractivity contribution in [2.45, 2.75) is 13.8 Å². The van der Waals surface area contributed by atoms with Gasteiger partial charge in [0.1, 0.15) is 0 Å². The van der Waals surface area contributed by atoms with Gasteiger partial charge in [-0.1, -0.05) is 5.57 Å². The number of nitrogens with two attached hydrogens (primary N) is 1. The first-order chi connectivity index (χ1) is 6.06. The molecule has 4 heteroatoms. The molecule has 0 amide bonds. The van der Waals surface area contributed by atoms with Crippen LogP contribution in [0.4, 0.5) is 0 Å². The van der Waals surface area contributed by atoms with Crippen LogP contribution >= 0.6 is 15.9 Å². The molecule has 0 aromatic carbocycles. The summed E-state index contributed by atoms with van der Waals surface area (Å²) in [6.45, 7) is 4.56. The number of aryl methyl sites for hydroxylation is 2. The molecule has 3 nitrogen and oxygen atoms in total. The maximum atomic E-state index is 5.51. The Kier molecular flexibility index (Phi) is 3.27. The Morgan fingerprint density at radius 3 is 2.69 bits per heavy atom. The minimum atomic E-state index is 0.580. The first-order valence-electron chi connectivity index (χ1n) is 4.12. The third-order valence-corrected chi connectivity index (χ3v) is 2.88. The number of hydrogen-bond acceptors (Lipinski definition) is 2. The van der Waals surface area contributed by atoms with E-state index in [2.05, 4.69) is 21.0 Å². The van der Waals surface area contributed by atoms with Crippen LogP contribution in [0.3, 0.4) is 0 Å². The van der Waals surface area contributed by atoms with Crippen LogP contribution in [0, 0.1) is 6.92 Å². The molecule has 0 unspecified atom stereocenters. The molecule has 72 valence electrons. The van der Waals surface area contributed by atoms with Crippen molar-refractivity contribution in [3.05, 3.63) is 21.4 Å². The lowest BCUT2D eigenvalue weighted by atomic mass is 10.2. The van der Waals surface area contributed by atoms with Gasteiger partial charge in [0.15, 0.2) is 0 Å². The molecule has 0 aliphatic rings. The summed E-state index contributed by atoms with van der Waals surface area (Å²) in [6.07, 6.45) is 2.05. The van der Waals surface area contributed by atoms with E-state index in [1.807, 2.05) is 31.7 Å². The van der Waals surface area contributed by atoms with Crippen LogP contribution in [0.25, 0.3) is 6.08 Å². The second-order valence-corrected chi connectivity index (χ2v) is 3.90. The molecule has 0 saturated heterocycles. The third-order valence-electron chi connectivity index (χ3n) is 1.90. The van der Waals surface area contributed by atoms with E-state index in [0.29, 0.717) is 6.54 Å². The van der Waals surface area contributed by atoms with E-state index < -0.39 is 0 Å². The highest BCUT2D eigenvalue weighted by molar-refractivity contribution is 9.10. The van der Waals surface area contributed by atoms with Crippen LogP contribution in [-0.2, 0) is 7.05 Å². The Bertz CT molecular complexity index is 339. The highest BCUT2D eigenvalue weighted by Gasteiger charge is 2.07. The zero-order valence-corrected chi connectivity index (χ0v) is 9.72. The van der Waals surface area contributed by atoms with Crippen molar-refractivity contribution in [1.29, 1.82) is 0 Å². The van der Waals surface area contributed by atoms with Gasteiger partial charge in [-0.15, -0.1) is 0 Å². The van der Waals surface area contributed by atoms with Crippen molar-refractivity contribution in [1.82, 2.24) is 9.78 Å². The summed E-state index contributed by atoms with van der Waals surface area (Å²) in [5.41, 5.74) is 8.72. The number of nitrogens with zero attached hydrogens (tertiary/aromatic N) is 2. The van der Waals surface area contributed by atoms with E-state index in [1.165, 1.54) is 0 Å². The van der Waals surface area contributed by atoms with Crippen molar-refractivity contribution >= 4 is 22.0 Å².